The summed E-state index contributed by atoms with van der Waals surface area (Å²) in [6, 6.07) is 0. The summed E-state index contributed by atoms with van der Waals surface area (Å²) in [6.45, 7) is 9.21. The van der Waals surface area contributed by atoms with Crippen molar-refractivity contribution >= 4 is 0 Å². The van der Waals surface area contributed by atoms with E-state index in [2.05, 4.69) is 24.5 Å². The molecule has 0 amide bonds. The Hall–Kier alpha value is 0.920. The van der Waals surface area contributed by atoms with Crippen LogP contribution in [0.1, 0.15) is 92.3 Å². The average Bonchev–Trinajstić information content (AvgIpc) is 2.47. The molecule has 0 aromatic rings. The van der Waals surface area contributed by atoms with Gasteiger partial charge in [0.05, 0.1) is 0 Å². The van der Waals surface area contributed by atoms with Crippen molar-refractivity contribution < 1.29 is 31.0 Å². The van der Waals surface area contributed by atoms with Gasteiger partial charge in [-0.1, -0.05) is 78.1 Å². The molecule has 0 heterocycles. The predicted octanol–water partition coefficient (Wildman–Crippen LogP) is 2.00. The van der Waals surface area contributed by atoms with Crippen LogP contribution in [0.15, 0.2) is 0 Å². The molecule has 0 unspecified atom stereocenters. The first kappa shape index (κ1) is 24.2. The van der Waals surface area contributed by atoms with Crippen molar-refractivity contribution in [1.82, 2.24) is 10.6 Å². The molecule has 0 saturated heterocycles. The topological polar surface area (TPSA) is 24.1 Å². The van der Waals surface area contributed by atoms with E-state index in [1.807, 2.05) is 0 Å². The minimum Gasteiger partial charge on any atom is -1.00 e. The van der Waals surface area contributed by atoms with Crippen LogP contribution in [0.25, 0.3) is 0 Å². The van der Waals surface area contributed by atoms with Gasteiger partial charge in [-0.25, -0.2) is 0 Å². The fourth-order valence-corrected chi connectivity index (χ4v) is 2.49. The Kier molecular flexibility index (Phi) is 26.7. The number of unbranched alkanes of at least 4 members (excludes halogenated alkanes) is 10. The molecule has 0 rings (SSSR count). The number of nitrogens with one attached hydrogen (secondary N) is 2. The molecule has 124 valence electrons. The van der Waals surface area contributed by atoms with Gasteiger partial charge in [0.2, 0.25) is 0 Å². The fraction of sp³-hybridized carbons (Fsp3) is 1.00. The van der Waals surface area contributed by atoms with Crippen molar-refractivity contribution in [1.29, 1.82) is 0 Å². The molecule has 0 radical (unpaired) electrons. The van der Waals surface area contributed by atoms with Crippen LogP contribution in [0.3, 0.4) is 0 Å². The molecule has 0 aliphatic carbocycles. The van der Waals surface area contributed by atoms with E-state index in [1.54, 1.807) is 0 Å². The molecule has 0 aromatic heterocycles. The van der Waals surface area contributed by atoms with Gasteiger partial charge in [-0.05, 0) is 25.9 Å². The van der Waals surface area contributed by atoms with Crippen LogP contribution in [-0.4, -0.2) is 26.2 Å². The summed E-state index contributed by atoms with van der Waals surface area (Å²) in [4.78, 5) is 0. The Labute approximate surface area is 158 Å². The number of rotatable bonds is 17. The van der Waals surface area contributed by atoms with Gasteiger partial charge in [0.25, 0.3) is 0 Å². The normalized spacial score (nSPS) is 10.6. The zero-order chi connectivity index (χ0) is 14.7. The quantitative estimate of drug-likeness (QED) is 0.317. The first-order valence-electron chi connectivity index (χ1n) is 9.33. The average molecular weight is 309 g/mol. The molecule has 0 atom stereocenters. The number of hydrogen-bond donors (Lipinski definition) is 2. The van der Waals surface area contributed by atoms with E-state index in [-0.39, 0.29) is 31.0 Å². The smallest absolute Gasteiger partial charge is 1.00 e. The van der Waals surface area contributed by atoms with Crippen molar-refractivity contribution in [2.75, 3.05) is 26.2 Å². The SMILES string of the molecule is CCCCCCCCNCCNCCCCCCCC.[H-].[Na+]. The minimum absolute atomic E-state index is 0. The van der Waals surface area contributed by atoms with Crippen LogP contribution in [0, 0.1) is 0 Å². The Bertz CT molecular complexity index is 153. The van der Waals surface area contributed by atoms with Crippen LogP contribution in [0.4, 0.5) is 0 Å². The Morgan fingerprint density at radius 1 is 0.476 bits per heavy atom. The van der Waals surface area contributed by atoms with E-state index >= 15 is 0 Å². The van der Waals surface area contributed by atoms with Gasteiger partial charge in [0.1, 0.15) is 0 Å². The molecule has 0 bridgehead atoms. The van der Waals surface area contributed by atoms with Gasteiger partial charge in [-0.3, -0.25) is 0 Å². The third kappa shape index (κ3) is 23.3. The molecular weight excluding hydrogens is 267 g/mol. The van der Waals surface area contributed by atoms with Crippen LogP contribution < -0.4 is 40.2 Å². The summed E-state index contributed by atoms with van der Waals surface area (Å²) in [5.41, 5.74) is 0. The molecule has 3 heteroatoms. The van der Waals surface area contributed by atoms with Crippen molar-refractivity contribution in [3.8, 4) is 0 Å². The molecule has 0 saturated carbocycles. The van der Waals surface area contributed by atoms with E-state index in [1.165, 1.54) is 90.1 Å². The summed E-state index contributed by atoms with van der Waals surface area (Å²) in [6.07, 6.45) is 16.7. The zero-order valence-corrected chi connectivity index (χ0v) is 17.3. The van der Waals surface area contributed by atoms with Gasteiger partial charge in [-0.15, -0.1) is 0 Å². The molecule has 0 aliphatic rings. The summed E-state index contributed by atoms with van der Waals surface area (Å²) < 4.78 is 0. The van der Waals surface area contributed by atoms with E-state index in [9.17, 15) is 0 Å². The first-order valence-corrected chi connectivity index (χ1v) is 9.33. The second-order valence-corrected chi connectivity index (χ2v) is 6.04. The van der Waals surface area contributed by atoms with Gasteiger partial charge in [0, 0.05) is 13.1 Å². The monoisotopic (exact) mass is 308 g/mol. The van der Waals surface area contributed by atoms with Gasteiger partial charge in [0.15, 0.2) is 0 Å². The van der Waals surface area contributed by atoms with Crippen molar-refractivity contribution in [3.63, 3.8) is 0 Å². The standard InChI is InChI=1S/C18H40N2.Na.H/c1-3-5-7-9-11-13-15-19-17-18-20-16-14-12-10-8-6-4-2;;/h19-20H,3-18H2,1-2H3;;/q;+1;-1. The molecular formula is C18H41N2Na. The fourth-order valence-electron chi connectivity index (χ4n) is 2.49. The molecule has 0 aliphatic heterocycles. The summed E-state index contributed by atoms with van der Waals surface area (Å²) in [5.74, 6) is 0. The van der Waals surface area contributed by atoms with Crippen molar-refractivity contribution in [2.45, 2.75) is 90.9 Å². The Morgan fingerprint density at radius 3 is 1.19 bits per heavy atom. The van der Waals surface area contributed by atoms with E-state index in [0.29, 0.717) is 0 Å². The molecule has 0 fully saturated rings. The maximum absolute atomic E-state index is 3.53. The largest absolute Gasteiger partial charge is 1.00 e. The summed E-state index contributed by atoms with van der Waals surface area (Å²) >= 11 is 0. The number of hydrogen-bond acceptors (Lipinski definition) is 2. The van der Waals surface area contributed by atoms with Crippen molar-refractivity contribution in [2.24, 2.45) is 0 Å². The van der Waals surface area contributed by atoms with E-state index in [4.69, 9.17) is 0 Å². The Balaban J connectivity index is -0.00000180. The van der Waals surface area contributed by atoms with Crippen molar-refractivity contribution in [3.05, 3.63) is 0 Å². The summed E-state index contributed by atoms with van der Waals surface area (Å²) in [7, 11) is 0. The third-order valence-electron chi connectivity index (χ3n) is 3.89. The molecule has 2 nitrogen and oxygen atoms in total. The predicted molar refractivity (Wildman–Crippen MR) is 93.6 cm³/mol. The Morgan fingerprint density at radius 2 is 0.810 bits per heavy atom. The maximum Gasteiger partial charge on any atom is 1.00 e. The second kappa shape index (κ2) is 23.2. The zero-order valence-electron chi connectivity index (χ0n) is 16.3. The maximum atomic E-state index is 3.53. The summed E-state index contributed by atoms with van der Waals surface area (Å²) in [5, 5.41) is 7.07. The van der Waals surface area contributed by atoms with Gasteiger partial charge >= 0.3 is 29.6 Å². The van der Waals surface area contributed by atoms with Crippen LogP contribution in [-0.2, 0) is 0 Å². The molecule has 21 heavy (non-hydrogen) atoms. The van der Waals surface area contributed by atoms with Crippen LogP contribution in [0.5, 0.6) is 0 Å². The third-order valence-corrected chi connectivity index (χ3v) is 3.89. The molecule has 0 aromatic carbocycles. The second-order valence-electron chi connectivity index (χ2n) is 6.04. The van der Waals surface area contributed by atoms with Crippen LogP contribution in [0.2, 0.25) is 0 Å². The minimum atomic E-state index is 0. The van der Waals surface area contributed by atoms with Gasteiger partial charge < -0.3 is 12.1 Å². The van der Waals surface area contributed by atoms with E-state index < -0.39 is 0 Å². The first-order chi connectivity index (χ1) is 9.91. The van der Waals surface area contributed by atoms with Gasteiger partial charge in [-0.2, -0.15) is 0 Å². The van der Waals surface area contributed by atoms with Crippen LogP contribution >= 0.6 is 0 Å². The molecule has 0 spiro atoms. The molecule has 2 N–H and O–H groups in total. The van der Waals surface area contributed by atoms with E-state index in [0.717, 1.165) is 13.1 Å².